The van der Waals surface area contributed by atoms with Crippen LogP contribution >= 0.6 is 12.6 Å². The topological polar surface area (TPSA) is 222 Å². The minimum absolute atomic E-state index is 0.0667. The Kier molecular flexibility index (Phi) is 12.1. The van der Waals surface area contributed by atoms with Crippen LogP contribution in [0.15, 0.2) is 12.5 Å². The first-order valence-corrected chi connectivity index (χ1v) is 11.4. The number of imidazole rings is 1. The van der Waals surface area contributed by atoms with Crippen molar-refractivity contribution in [3.8, 4) is 0 Å². The molecule has 9 N–H and O–H groups in total. The lowest BCUT2D eigenvalue weighted by Crippen LogP contribution is -2.59. The Labute approximate surface area is 202 Å². The van der Waals surface area contributed by atoms with Crippen LogP contribution in [0.25, 0.3) is 0 Å². The molecule has 1 aromatic rings. The van der Waals surface area contributed by atoms with Crippen LogP contribution < -0.4 is 27.4 Å². The van der Waals surface area contributed by atoms with E-state index in [1.54, 1.807) is 6.92 Å². The zero-order valence-electron chi connectivity index (χ0n) is 19.1. The second kappa shape index (κ2) is 14.2. The van der Waals surface area contributed by atoms with Crippen LogP contribution in [-0.4, -0.2) is 74.6 Å². The van der Waals surface area contributed by atoms with E-state index in [1.807, 2.05) is 6.92 Å². The van der Waals surface area contributed by atoms with Gasteiger partial charge in [-0.15, -0.1) is 0 Å². The molecule has 0 radical (unpaired) electrons. The van der Waals surface area contributed by atoms with Crippen LogP contribution in [0.1, 0.15) is 38.8 Å². The van der Waals surface area contributed by atoms with Crippen LogP contribution in [0, 0.1) is 5.92 Å². The van der Waals surface area contributed by atoms with E-state index in [0.717, 1.165) is 0 Å². The summed E-state index contributed by atoms with van der Waals surface area (Å²) in [7, 11) is 0. The molecule has 5 unspecified atom stereocenters. The summed E-state index contributed by atoms with van der Waals surface area (Å²) in [5.74, 6) is -4.33. The van der Waals surface area contributed by atoms with Crippen molar-refractivity contribution in [3.05, 3.63) is 18.2 Å². The highest BCUT2D eigenvalue weighted by atomic mass is 32.1. The quantitative estimate of drug-likeness (QED) is 0.126. The first-order chi connectivity index (χ1) is 16.0. The van der Waals surface area contributed by atoms with Crippen molar-refractivity contribution in [2.45, 2.75) is 63.7 Å². The molecule has 13 nitrogen and oxygen atoms in total. The Morgan fingerprint density at radius 3 is 2.26 bits per heavy atom. The Balaban J connectivity index is 3.02. The maximum atomic E-state index is 13.0. The van der Waals surface area contributed by atoms with Crippen LogP contribution in [-0.2, 0) is 30.4 Å². The summed E-state index contributed by atoms with van der Waals surface area (Å²) in [6.45, 7) is 3.56. The van der Waals surface area contributed by atoms with E-state index in [9.17, 15) is 29.1 Å². The molecule has 0 saturated carbocycles. The van der Waals surface area contributed by atoms with Gasteiger partial charge in [0, 0.05) is 30.5 Å². The summed E-state index contributed by atoms with van der Waals surface area (Å²) in [5, 5.41) is 16.9. The van der Waals surface area contributed by atoms with E-state index in [0.29, 0.717) is 12.1 Å². The number of carboxylic acid groups (broad SMARTS) is 1. The van der Waals surface area contributed by atoms with Crippen molar-refractivity contribution < 1.29 is 29.1 Å². The van der Waals surface area contributed by atoms with E-state index in [2.05, 4.69) is 38.5 Å². The number of H-pyrrole nitrogens is 1. The lowest BCUT2D eigenvalue weighted by atomic mass is 9.97. The summed E-state index contributed by atoms with van der Waals surface area (Å²) < 4.78 is 0. The number of nitrogens with two attached hydrogens (primary N) is 2. The maximum Gasteiger partial charge on any atom is 0.326 e. The molecule has 0 aliphatic heterocycles. The highest BCUT2D eigenvalue weighted by Gasteiger charge is 2.32. The number of rotatable bonds is 15. The first kappa shape index (κ1) is 28.9. The zero-order chi connectivity index (χ0) is 25.8. The molecular weight excluding hydrogens is 466 g/mol. The van der Waals surface area contributed by atoms with Gasteiger partial charge in [-0.25, -0.2) is 9.78 Å². The number of hydrogen-bond acceptors (Lipinski definition) is 8. The molecule has 1 heterocycles. The number of aromatic amines is 1. The van der Waals surface area contributed by atoms with Gasteiger partial charge in [0.15, 0.2) is 0 Å². The Morgan fingerprint density at radius 2 is 1.76 bits per heavy atom. The minimum atomic E-state index is -1.32. The van der Waals surface area contributed by atoms with E-state index in [-0.39, 0.29) is 30.9 Å². The number of aliphatic carboxylic acids is 1. The van der Waals surface area contributed by atoms with Gasteiger partial charge in [-0.2, -0.15) is 12.6 Å². The molecule has 0 aliphatic rings. The normalized spacial score (nSPS) is 15.3. The number of amides is 4. The Bertz CT molecular complexity index is 850. The molecule has 1 aromatic heterocycles. The fraction of sp³-hybridized carbons (Fsp3) is 0.600. The van der Waals surface area contributed by atoms with Gasteiger partial charge in [0.25, 0.3) is 0 Å². The van der Waals surface area contributed by atoms with Gasteiger partial charge in [0.05, 0.1) is 12.4 Å². The number of primary amides is 1. The smallest absolute Gasteiger partial charge is 0.326 e. The SMILES string of the molecule is CCC(C)C(NC(=O)C(N)CS)C(=O)NC(CCC(N)=O)C(=O)NC(Cc1cnc[nH]1)C(=O)O. The lowest BCUT2D eigenvalue weighted by molar-refractivity contribution is -0.142. The fourth-order valence-electron chi connectivity index (χ4n) is 2.95. The highest BCUT2D eigenvalue weighted by molar-refractivity contribution is 7.80. The minimum Gasteiger partial charge on any atom is -0.480 e. The van der Waals surface area contributed by atoms with Gasteiger partial charge < -0.3 is 37.5 Å². The third-order valence-electron chi connectivity index (χ3n) is 5.23. The van der Waals surface area contributed by atoms with Crippen molar-refractivity contribution >= 4 is 42.2 Å². The predicted octanol–water partition coefficient (Wildman–Crippen LogP) is -1.94. The average molecular weight is 500 g/mol. The van der Waals surface area contributed by atoms with Crippen LogP contribution in [0.2, 0.25) is 0 Å². The number of nitrogens with one attached hydrogen (secondary N) is 4. The fourth-order valence-corrected chi connectivity index (χ4v) is 3.12. The third-order valence-corrected chi connectivity index (χ3v) is 5.63. The van der Waals surface area contributed by atoms with Gasteiger partial charge >= 0.3 is 5.97 Å². The molecule has 0 spiro atoms. The Morgan fingerprint density at radius 1 is 1.12 bits per heavy atom. The monoisotopic (exact) mass is 499 g/mol. The Hall–Kier alpha value is -3.13. The number of carboxylic acids is 1. The lowest BCUT2D eigenvalue weighted by Gasteiger charge is -2.27. The number of carbonyl (C=O) groups excluding carboxylic acids is 4. The second-order valence-corrected chi connectivity index (χ2v) is 8.27. The molecule has 5 atom stereocenters. The molecular formula is C20H33N7O6S. The number of carbonyl (C=O) groups is 5. The van der Waals surface area contributed by atoms with E-state index in [4.69, 9.17) is 11.5 Å². The predicted molar refractivity (Wildman–Crippen MR) is 125 cm³/mol. The van der Waals surface area contributed by atoms with E-state index < -0.39 is 53.8 Å². The molecule has 0 bridgehead atoms. The zero-order valence-corrected chi connectivity index (χ0v) is 20.0. The highest BCUT2D eigenvalue weighted by Crippen LogP contribution is 2.10. The van der Waals surface area contributed by atoms with Gasteiger partial charge in [-0.1, -0.05) is 20.3 Å². The number of thiol groups is 1. The van der Waals surface area contributed by atoms with Crippen molar-refractivity contribution in [1.82, 2.24) is 25.9 Å². The number of aromatic nitrogens is 2. The van der Waals surface area contributed by atoms with Crippen LogP contribution in [0.5, 0.6) is 0 Å². The molecule has 0 fully saturated rings. The van der Waals surface area contributed by atoms with Gasteiger partial charge in [-0.3, -0.25) is 19.2 Å². The summed E-state index contributed by atoms with van der Waals surface area (Å²) >= 11 is 3.98. The summed E-state index contributed by atoms with van der Waals surface area (Å²) in [4.78, 5) is 67.6. The van der Waals surface area contributed by atoms with Crippen molar-refractivity contribution in [2.24, 2.45) is 17.4 Å². The van der Waals surface area contributed by atoms with Crippen molar-refractivity contribution in [3.63, 3.8) is 0 Å². The molecule has 1 rings (SSSR count). The standard InChI is InChI=1S/C20H33N7O6S/c1-3-10(2)16(27-17(29)12(21)8-34)19(31)25-13(4-5-15(22)28)18(30)26-14(20(32)33)6-11-7-23-9-24-11/h7,9-10,12-14,16,34H,3-6,8,21H2,1-2H3,(H2,22,28)(H,23,24)(H,25,31)(H,26,30)(H,27,29)(H,32,33). The van der Waals surface area contributed by atoms with E-state index >= 15 is 0 Å². The summed E-state index contributed by atoms with van der Waals surface area (Å²) in [6.07, 6.45) is 2.84. The number of nitrogens with zero attached hydrogens (tertiary/aromatic N) is 1. The van der Waals surface area contributed by atoms with Gasteiger partial charge in [0.2, 0.25) is 23.6 Å². The molecule has 4 amide bonds. The van der Waals surface area contributed by atoms with Gasteiger partial charge in [0.1, 0.15) is 18.1 Å². The summed E-state index contributed by atoms with van der Waals surface area (Å²) in [6, 6.07) is -4.55. The molecule has 0 saturated heterocycles. The third kappa shape index (κ3) is 9.39. The molecule has 0 aliphatic carbocycles. The molecule has 0 aromatic carbocycles. The van der Waals surface area contributed by atoms with Gasteiger partial charge in [-0.05, 0) is 12.3 Å². The molecule has 34 heavy (non-hydrogen) atoms. The van der Waals surface area contributed by atoms with Crippen LogP contribution in [0.3, 0.4) is 0 Å². The second-order valence-electron chi connectivity index (χ2n) is 7.91. The van der Waals surface area contributed by atoms with Crippen molar-refractivity contribution in [1.29, 1.82) is 0 Å². The maximum absolute atomic E-state index is 13.0. The molecule has 14 heteroatoms. The molecule has 190 valence electrons. The number of hydrogen-bond donors (Lipinski definition) is 8. The first-order valence-electron chi connectivity index (χ1n) is 10.8. The summed E-state index contributed by atoms with van der Waals surface area (Å²) in [5.41, 5.74) is 11.3. The largest absolute Gasteiger partial charge is 0.480 e. The van der Waals surface area contributed by atoms with Crippen molar-refractivity contribution in [2.75, 3.05) is 5.75 Å². The van der Waals surface area contributed by atoms with Crippen LogP contribution in [0.4, 0.5) is 0 Å². The van der Waals surface area contributed by atoms with E-state index in [1.165, 1.54) is 12.5 Å². The average Bonchev–Trinajstić information content (AvgIpc) is 3.31.